The molecule has 5 nitrogen and oxygen atoms in total. The van der Waals surface area contributed by atoms with Gasteiger partial charge in [-0.2, -0.15) is 0 Å². The van der Waals surface area contributed by atoms with Crippen LogP contribution in [0.5, 0.6) is 0 Å². The van der Waals surface area contributed by atoms with E-state index in [-0.39, 0.29) is 23.2 Å². The molecule has 0 aromatic rings. The molecule has 0 radical (unpaired) electrons. The van der Waals surface area contributed by atoms with E-state index in [4.69, 9.17) is 10.2 Å². The largest absolute Gasteiger partial charge is 0.481 e. The number of hydrogen-bond donors (Lipinski definition) is 3. The van der Waals surface area contributed by atoms with Crippen LogP contribution in [-0.2, 0) is 9.59 Å². The van der Waals surface area contributed by atoms with Crippen LogP contribution in [0.15, 0.2) is 0 Å². The molecule has 0 saturated heterocycles. The van der Waals surface area contributed by atoms with Gasteiger partial charge in [0.25, 0.3) is 0 Å². The van der Waals surface area contributed by atoms with Crippen LogP contribution in [0, 0.1) is 0 Å². The van der Waals surface area contributed by atoms with Crippen LogP contribution in [-0.4, -0.2) is 39.1 Å². The third-order valence-electron chi connectivity index (χ3n) is 2.16. The number of nitrogens with one attached hydrogen (secondary N) is 1. The normalized spacial score (nSPS) is 13.4. The highest BCUT2D eigenvalue weighted by Gasteiger charge is 2.20. The van der Waals surface area contributed by atoms with Gasteiger partial charge in [0.2, 0.25) is 0 Å². The monoisotopic (exact) mass is 295 g/mol. The van der Waals surface area contributed by atoms with Crippen molar-refractivity contribution in [3.8, 4) is 0 Å². The van der Waals surface area contributed by atoms with E-state index in [9.17, 15) is 9.59 Å². The van der Waals surface area contributed by atoms with Crippen LogP contribution in [0.25, 0.3) is 0 Å². The van der Waals surface area contributed by atoms with Crippen LogP contribution < -0.4 is 5.32 Å². The smallest absolute Gasteiger partial charge is 0.304 e. The maximum atomic E-state index is 10.4. The Morgan fingerprint density at radius 3 is 2.31 bits per heavy atom. The summed E-state index contributed by atoms with van der Waals surface area (Å²) in [4.78, 5) is 20.7. The Morgan fingerprint density at radius 1 is 1.31 bits per heavy atom. The maximum absolute atomic E-state index is 10.4. The summed E-state index contributed by atoms with van der Waals surface area (Å²) in [6.07, 6.45) is 0.656. The van der Waals surface area contributed by atoms with E-state index < -0.39 is 11.9 Å². The Bertz CT molecular complexity index is 255. The van der Waals surface area contributed by atoms with E-state index in [2.05, 4.69) is 21.2 Å². The molecule has 0 heterocycles. The highest BCUT2D eigenvalue weighted by molar-refractivity contribution is 9.09. The number of alkyl halides is 1. The summed E-state index contributed by atoms with van der Waals surface area (Å²) in [5.41, 5.74) is -0.303. The van der Waals surface area contributed by atoms with Gasteiger partial charge in [0.05, 0.1) is 6.42 Å². The number of aliphatic carboxylic acids is 2. The lowest BCUT2D eigenvalue weighted by atomic mass is 9.98. The molecule has 0 aliphatic heterocycles. The summed E-state index contributed by atoms with van der Waals surface area (Å²) in [6, 6.07) is 0. The number of carbonyl (C=O) groups is 2. The second-order valence-electron chi connectivity index (χ2n) is 4.35. The first kappa shape index (κ1) is 15.4. The molecule has 6 heteroatoms. The molecule has 0 aromatic carbocycles. The number of hydrogen-bond acceptors (Lipinski definition) is 3. The molecule has 0 rings (SSSR count). The lowest BCUT2D eigenvalue weighted by molar-refractivity contribution is -0.138. The highest BCUT2D eigenvalue weighted by atomic mass is 79.9. The first-order valence-corrected chi connectivity index (χ1v) is 5.97. The zero-order valence-corrected chi connectivity index (χ0v) is 11.1. The van der Waals surface area contributed by atoms with Crippen molar-refractivity contribution >= 4 is 27.9 Å². The molecule has 1 atom stereocenters. The fourth-order valence-electron chi connectivity index (χ4n) is 1.16. The summed E-state index contributed by atoms with van der Waals surface area (Å²) < 4.78 is 0. The molecule has 0 bridgehead atoms. The Kier molecular flexibility index (Phi) is 6.59. The van der Waals surface area contributed by atoms with E-state index in [1.165, 1.54) is 0 Å². The molecule has 0 aliphatic carbocycles. The lowest BCUT2D eigenvalue weighted by Crippen LogP contribution is -2.42. The van der Waals surface area contributed by atoms with Crippen molar-refractivity contribution in [1.82, 2.24) is 5.32 Å². The maximum Gasteiger partial charge on any atom is 0.304 e. The summed E-state index contributed by atoms with van der Waals surface area (Å²) >= 11 is 3.25. The first-order valence-electron chi connectivity index (χ1n) is 5.05. The zero-order valence-electron chi connectivity index (χ0n) is 9.49. The minimum atomic E-state index is -0.855. The van der Waals surface area contributed by atoms with Gasteiger partial charge in [0.1, 0.15) is 0 Å². The number of carboxylic acid groups (broad SMARTS) is 2. The first-order chi connectivity index (χ1) is 7.23. The minimum absolute atomic E-state index is 0.0437. The number of rotatable bonds is 8. The second kappa shape index (κ2) is 6.85. The van der Waals surface area contributed by atoms with Gasteiger partial charge in [-0.3, -0.25) is 9.59 Å². The molecule has 16 heavy (non-hydrogen) atoms. The van der Waals surface area contributed by atoms with Crippen molar-refractivity contribution in [1.29, 1.82) is 0 Å². The van der Waals surface area contributed by atoms with Gasteiger partial charge in [-0.15, -0.1) is 0 Å². The molecule has 1 unspecified atom stereocenters. The third-order valence-corrected chi connectivity index (χ3v) is 2.81. The van der Waals surface area contributed by atoms with Crippen molar-refractivity contribution < 1.29 is 19.8 Å². The molecule has 0 aromatic heterocycles. The molecule has 3 N–H and O–H groups in total. The van der Waals surface area contributed by atoms with Crippen molar-refractivity contribution in [3.05, 3.63) is 0 Å². The number of halogens is 1. The molecule has 0 amide bonds. The molecular weight excluding hydrogens is 278 g/mol. The summed E-state index contributed by atoms with van der Waals surface area (Å²) in [5.74, 6) is -1.68. The Hall–Kier alpha value is -0.620. The van der Waals surface area contributed by atoms with Crippen molar-refractivity contribution in [2.24, 2.45) is 0 Å². The van der Waals surface area contributed by atoms with Gasteiger partial charge in [-0.05, 0) is 20.3 Å². The van der Waals surface area contributed by atoms with Crippen LogP contribution in [0.4, 0.5) is 0 Å². The quantitative estimate of drug-likeness (QED) is 0.590. The Labute approximate surface area is 103 Å². The number of carboxylic acids is 2. The fraction of sp³-hybridized carbons (Fsp3) is 0.800. The van der Waals surface area contributed by atoms with E-state index in [1.54, 1.807) is 0 Å². The summed E-state index contributed by atoms with van der Waals surface area (Å²) in [7, 11) is 0. The molecule has 0 fully saturated rings. The topological polar surface area (TPSA) is 86.6 Å². The van der Waals surface area contributed by atoms with E-state index in [1.807, 2.05) is 13.8 Å². The summed E-state index contributed by atoms with van der Waals surface area (Å²) in [5, 5.41) is 20.3. The molecular formula is C10H18BrNO4. The van der Waals surface area contributed by atoms with Gasteiger partial charge in [-0.1, -0.05) is 15.9 Å². The Morgan fingerprint density at radius 2 is 1.88 bits per heavy atom. The molecule has 0 spiro atoms. The van der Waals surface area contributed by atoms with Gasteiger partial charge < -0.3 is 15.5 Å². The fourth-order valence-corrected chi connectivity index (χ4v) is 1.60. The van der Waals surface area contributed by atoms with Crippen LogP contribution in [0.1, 0.15) is 33.1 Å². The molecule has 0 saturated carbocycles. The Balaban J connectivity index is 3.88. The van der Waals surface area contributed by atoms with E-state index in [0.717, 1.165) is 0 Å². The van der Waals surface area contributed by atoms with Crippen LogP contribution in [0.3, 0.4) is 0 Å². The highest BCUT2D eigenvalue weighted by Crippen LogP contribution is 2.13. The van der Waals surface area contributed by atoms with Gasteiger partial charge in [0.15, 0.2) is 0 Å². The standard InChI is InChI=1S/C10H18BrNO4/c1-10(2,4-3-8(13)14)12-6-7(11)5-9(15)16/h7,12H,3-6H2,1-2H3,(H,13,14)(H,15,16). The third kappa shape index (κ3) is 8.67. The van der Waals surface area contributed by atoms with Gasteiger partial charge in [0, 0.05) is 23.3 Å². The van der Waals surface area contributed by atoms with Crippen LogP contribution in [0.2, 0.25) is 0 Å². The average molecular weight is 296 g/mol. The van der Waals surface area contributed by atoms with E-state index >= 15 is 0 Å². The van der Waals surface area contributed by atoms with Gasteiger partial charge in [-0.25, -0.2) is 0 Å². The zero-order chi connectivity index (χ0) is 12.8. The van der Waals surface area contributed by atoms with Crippen LogP contribution >= 0.6 is 15.9 Å². The molecule has 0 aliphatic rings. The predicted octanol–water partition coefficient (Wildman–Crippen LogP) is 1.46. The second-order valence-corrected chi connectivity index (χ2v) is 5.65. The minimum Gasteiger partial charge on any atom is -0.481 e. The van der Waals surface area contributed by atoms with Gasteiger partial charge >= 0.3 is 11.9 Å². The summed E-state index contributed by atoms with van der Waals surface area (Å²) in [6.45, 7) is 4.30. The lowest BCUT2D eigenvalue weighted by Gasteiger charge is -2.26. The van der Waals surface area contributed by atoms with Crippen molar-refractivity contribution in [2.45, 2.75) is 43.5 Å². The molecule has 94 valence electrons. The average Bonchev–Trinajstić information content (AvgIpc) is 2.11. The predicted molar refractivity (Wildman–Crippen MR) is 63.9 cm³/mol. The van der Waals surface area contributed by atoms with E-state index in [0.29, 0.717) is 13.0 Å². The van der Waals surface area contributed by atoms with Crippen molar-refractivity contribution in [2.75, 3.05) is 6.54 Å². The SMILES string of the molecule is CC(C)(CCC(=O)O)NCC(Br)CC(=O)O. The van der Waals surface area contributed by atoms with Crippen molar-refractivity contribution in [3.63, 3.8) is 0 Å².